The Morgan fingerprint density at radius 3 is 2.18 bits per heavy atom. The maximum absolute atomic E-state index is 4.82. The minimum Gasteiger partial charge on any atom is -0.261 e. The second kappa shape index (κ2) is 11.5. The van der Waals surface area contributed by atoms with Gasteiger partial charge in [0.1, 0.15) is 0 Å². The molecule has 0 saturated heterocycles. The molecule has 4 aromatic carbocycles. The van der Waals surface area contributed by atoms with Gasteiger partial charge in [-0.3, -0.25) is 4.99 Å². The summed E-state index contributed by atoms with van der Waals surface area (Å²) in [7, 11) is 0. The Hall–Kier alpha value is -4.49. The molecule has 1 unspecified atom stereocenters. The van der Waals surface area contributed by atoms with E-state index in [1.807, 2.05) is 6.20 Å². The Bertz CT molecular complexity index is 2070. The topological polar surface area (TPSA) is 12.4 Å². The van der Waals surface area contributed by atoms with Crippen molar-refractivity contribution < 1.29 is 0 Å². The predicted octanol–water partition coefficient (Wildman–Crippen LogP) is 9.68. The van der Waals surface area contributed by atoms with Gasteiger partial charge in [0.15, 0.2) is 0 Å². The van der Waals surface area contributed by atoms with E-state index in [1.165, 1.54) is 76.7 Å². The molecule has 44 heavy (non-hydrogen) atoms. The number of nitrogens with zero attached hydrogens (tertiary/aromatic N) is 1. The largest absolute Gasteiger partial charge is 0.261 e. The Morgan fingerprint density at radius 1 is 0.727 bits per heavy atom. The van der Waals surface area contributed by atoms with Gasteiger partial charge in [-0.15, -0.1) is 0 Å². The third kappa shape index (κ3) is 4.67. The Balaban J connectivity index is 1.30. The van der Waals surface area contributed by atoms with Gasteiger partial charge in [0.2, 0.25) is 0 Å². The van der Waals surface area contributed by atoms with E-state index in [0.29, 0.717) is 5.92 Å². The van der Waals surface area contributed by atoms with Crippen LogP contribution in [0.15, 0.2) is 126 Å². The zero-order chi connectivity index (χ0) is 29.5. The molecule has 0 saturated carbocycles. The molecule has 8 rings (SSSR count). The summed E-state index contributed by atoms with van der Waals surface area (Å²) in [5.74, 6) is 0.375. The third-order valence-corrected chi connectivity index (χ3v) is 10.1. The van der Waals surface area contributed by atoms with Crippen LogP contribution in [0.3, 0.4) is 0 Å². The highest BCUT2D eigenvalue weighted by atomic mass is 14.7. The molecular weight excluding hydrogens is 530 g/mol. The van der Waals surface area contributed by atoms with Gasteiger partial charge >= 0.3 is 0 Å². The SMILES string of the molecule is CCc1cccc2c1=CCCC=2c1c2ccccc2c(C2=CC(C3C=CN=C(C4=CC=CCC4)C3)=CCC2)c2ccccc12. The van der Waals surface area contributed by atoms with Crippen LogP contribution < -0.4 is 10.4 Å². The number of hydrogen-bond acceptors (Lipinski definition) is 1. The number of allylic oxidation sites excluding steroid dienone is 9. The molecule has 1 heteroatoms. The zero-order valence-electron chi connectivity index (χ0n) is 25.7. The van der Waals surface area contributed by atoms with E-state index in [1.54, 1.807) is 0 Å². The van der Waals surface area contributed by atoms with E-state index >= 15 is 0 Å². The fourth-order valence-corrected chi connectivity index (χ4v) is 8.01. The van der Waals surface area contributed by atoms with Crippen LogP contribution in [0.2, 0.25) is 0 Å². The fourth-order valence-electron chi connectivity index (χ4n) is 8.01. The molecule has 0 spiro atoms. The van der Waals surface area contributed by atoms with Crippen molar-refractivity contribution in [3.63, 3.8) is 0 Å². The van der Waals surface area contributed by atoms with Crippen molar-refractivity contribution in [2.45, 2.75) is 58.3 Å². The highest BCUT2D eigenvalue weighted by Gasteiger charge is 2.24. The first-order valence-electron chi connectivity index (χ1n) is 16.6. The Labute approximate surface area is 260 Å². The molecule has 0 radical (unpaired) electrons. The van der Waals surface area contributed by atoms with Crippen LogP contribution in [0.25, 0.3) is 38.8 Å². The van der Waals surface area contributed by atoms with Gasteiger partial charge in [-0.05, 0) is 116 Å². The number of benzene rings is 4. The van der Waals surface area contributed by atoms with Crippen molar-refractivity contribution in [3.05, 3.63) is 148 Å². The smallest absolute Gasteiger partial charge is 0.0444 e. The maximum Gasteiger partial charge on any atom is 0.0444 e. The highest BCUT2D eigenvalue weighted by Crippen LogP contribution is 2.43. The van der Waals surface area contributed by atoms with Gasteiger partial charge in [0, 0.05) is 24.3 Å². The summed E-state index contributed by atoms with van der Waals surface area (Å²) < 4.78 is 0. The lowest BCUT2D eigenvalue weighted by molar-refractivity contribution is 0.785. The van der Waals surface area contributed by atoms with Gasteiger partial charge < -0.3 is 0 Å². The van der Waals surface area contributed by atoms with Crippen molar-refractivity contribution in [3.8, 4) is 0 Å². The standard InChI is InChI=1S/C43H39N/c1-2-29-15-11-23-35-34(29)22-12-24-36(35)43-39-20-8-6-18-37(39)42(38-19-7-9-21-40(38)43)33-17-10-16-31(27-33)32-25-26-44-41(28-32)30-13-4-3-5-14-30/h3-4,6-9,11,13,15-16,18-23,25-27,32H,2,5,10,12,14,17,24,28H2,1H3. The van der Waals surface area contributed by atoms with Crippen molar-refractivity contribution in [1.29, 1.82) is 0 Å². The van der Waals surface area contributed by atoms with E-state index < -0.39 is 0 Å². The van der Waals surface area contributed by atoms with Crippen LogP contribution in [-0.4, -0.2) is 5.71 Å². The van der Waals surface area contributed by atoms with Gasteiger partial charge in [0.25, 0.3) is 0 Å². The Morgan fingerprint density at radius 2 is 1.45 bits per heavy atom. The minimum atomic E-state index is 0.375. The van der Waals surface area contributed by atoms with Gasteiger partial charge in [-0.25, -0.2) is 0 Å². The first-order valence-corrected chi connectivity index (χ1v) is 16.6. The number of fused-ring (bicyclic) bond motifs is 3. The summed E-state index contributed by atoms with van der Waals surface area (Å²) >= 11 is 0. The minimum absolute atomic E-state index is 0.375. The second-order valence-electron chi connectivity index (χ2n) is 12.6. The van der Waals surface area contributed by atoms with Crippen molar-refractivity contribution in [2.24, 2.45) is 10.9 Å². The number of aryl methyl sites for hydroxylation is 1. The average molecular weight is 570 g/mol. The summed E-state index contributed by atoms with van der Waals surface area (Å²) in [5.41, 5.74) is 11.4. The van der Waals surface area contributed by atoms with Crippen LogP contribution in [0.4, 0.5) is 0 Å². The Kier molecular flexibility index (Phi) is 7.11. The monoisotopic (exact) mass is 569 g/mol. The van der Waals surface area contributed by atoms with Crippen molar-refractivity contribution in [2.75, 3.05) is 0 Å². The fraction of sp³-hybridized carbons (Fsp3) is 0.233. The maximum atomic E-state index is 4.82. The normalized spacial score (nSPS) is 19.7. The van der Waals surface area contributed by atoms with Gasteiger partial charge in [-0.1, -0.05) is 116 Å². The van der Waals surface area contributed by atoms with E-state index in [9.17, 15) is 0 Å². The summed E-state index contributed by atoms with van der Waals surface area (Å²) in [6.07, 6.45) is 27.1. The summed E-state index contributed by atoms with van der Waals surface area (Å²) in [4.78, 5) is 4.82. The molecule has 4 aromatic rings. The molecule has 0 amide bonds. The first kappa shape index (κ1) is 27.1. The zero-order valence-corrected chi connectivity index (χ0v) is 25.7. The number of aliphatic imine (C=N–C) groups is 1. The molecule has 1 heterocycles. The first-order chi connectivity index (χ1) is 21.8. The van der Waals surface area contributed by atoms with Crippen LogP contribution in [0.1, 0.15) is 68.6 Å². The molecule has 1 nitrogen and oxygen atoms in total. The number of hydrogen-bond donors (Lipinski definition) is 0. The molecule has 0 aromatic heterocycles. The van der Waals surface area contributed by atoms with Gasteiger partial charge in [-0.2, -0.15) is 0 Å². The van der Waals surface area contributed by atoms with E-state index in [4.69, 9.17) is 4.99 Å². The van der Waals surface area contributed by atoms with E-state index in [2.05, 4.69) is 116 Å². The molecule has 3 aliphatic carbocycles. The summed E-state index contributed by atoms with van der Waals surface area (Å²) in [6.45, 7) is 2.28. The molecular formula is C43H39N. The predicted molar refractivity (Wildman–Crippen MR) is 189 cm³/mol. The van der Waals surface area contributed by atoms with Crippen LogP contribution in [0, 0.1) is 5.92 Å². The lowest BCUT2D eigenvalue weighted by Gasteiger charge is -2.26. The molecule has 1 atom stereocenters. The van der Waals surface area contributed by atoms with E-state index in [-0.39, 0.29) is 0 Å². The lowest BCUT2D eigenvalue weighted by atomic mass is 9.79. The molecule has 1 aliphatic heterocycles. The summed E-state index contributed by atoms with van der Waals surface area (Å²) in [5, 5.41) is 8.39. The molecule has 4 aliphatic rings. The average Bonchev–Trinajstić information content (AvgIpc) is 3.10. The third-order valence-electron chi connectivity index (χ3n) is 10.1. The second-order valence-corrected chi connectivity index (χ2v) is 12.6. The number of rotatable bonds is 5. The van der Waals surface area contributed by atoms with Gasteiger partial charge in [0.05, 0.1) is 0 Å². The molecule has 216 valence electrons. The molecule has 0 bridgehead atoms. The van der Waals surface area contributed by atoms with E-state index in [0.717, 1.165) is 51.4 Å². The van der Waals surface area contributed by atoms with Crippen LogP contribution in [-0.2, 0) is 6.42 Å². The molecule has 0 fully saturated rings. The quantitative estimate of drug-likeness (QED) is 0.212. The highest BCUT2D eigenvalue weighted by molar-refractivity contribution is 6.16. The van der Waals surface area contributed by atoms with Crippen LogP contribution in [0.5, 0.6) is 0 Å². The van der Waals surface area contributed by atoms with Crippen molar-refractivity contribution in [1.82, 2.24) is 0 Å². The van der Waals surface area contributed by atoms with Crippen molar-refractivity contribution >= 4 is 44.5 Å². The summed E-state index contributed by atoms with van der Waals surface area (Å²) in [6, 6.07) is 25.3. The lowest BCUT2D eigenvalue weighted by Crippen LogP contribution is -2.33. The molecule has 0 N–H and O–H groups in total. The van der Waals surface area contributed by atoms with Crippen LogP contribution >= 0.6 is 0 Å².